The molecule has 0 saturated heterocycles. The van der Waals surface area contributed by atoms with Gasteiger partial charge in [0.25, 0.3) is 0 Å². The average molecular weight is 427 g/mol. The number of halogens is 2. The molecule has 0 saturated carbocycles. The highest BCUT2D eigenvalue weighted by molar-refractivity contribution is 7.90. The second kappa shape index (κ2) is 7.14. The summed E-state index contributed by atoms with van der Waals surface area (Å²) in [6.07, 6.45) is 0. The molecule has 0 bridgehead atoms. The first-order chi connectivity index (χ1) is 13.4. The minimum atomic E-state index is -4.87. The van der Waals surface area contributed by atoms with Gasteiger partial charge in [0.2, 0.25) is 17.4 Å². The Bertz CT molecular complexity index is 1130. The van der Waals surface area contributed by atoms with Crippen LogP contribution in [0.1, 0.15) is 11.1 Å². The van der Waals surface area contributed by atoms with E-state index in [0.717, 1.165) is 12.1 Å². The number of ether oxygens (including phenoxy) is 1. The molecule has 0 spiro atoms. The highest BCUT2D eigenvalue weighted by atomic mass is 35.5. The van der Waals surface area contributed by atoms with Crippen LogP contribution in [-0.4, -0.2) is 37.7 Å². The standard InChI is InChI=1S/C17H10B3ClFNO5S/c18-16(11-8-10(21)6-7-12(11)22)14(24)13(15(23)27-16)28-29(25,26)17(19,20)9-4-2-1-3-5-9/h1-8H,23H2/t16-/m1/s1. The van der Waals surface area contributed by atoms with Gasteiger partial charge >= 0.3 is 10.1 Å². The topological polar surface area (TPSA) is 95.7 Å². The summed E-state index contributed by atoms with van der Waals surface area (Å²) in [7, 11) is 12.5. The van der Waals surface area contributed by atoms with Crippen LogP contribution in [0.2, 0.25) is 5.02 Å². The van der Waals surface area contributed by atoms with E-state index in [1.807, 2.05) is 0 Å². The molecule has 6 nitrogen and oxygen atoms in total. The molecule has 2 aromatic carbocycles. The van der Waals surface area contributed by atoms with Crippen LogP contribution in [0.5, 0.6) is 0 Å². The summed E-state index contributed by atoms with van der Waals surface area (Å²) in [5.74, 6) is -3.96. The third-order valence-electron chi connectivity index (χ3n) is 4.20. The summed E-state index contributed by atoms with van der Waals surface area (Å²) in [4.78, 5) is 12.8. The number of benzene rings is 2. The average Bonchev–Trinajstić information content (AvgIpc) is 2.88. The molecule has 2 aromatic rings. The van der Waals surface area contributed by atoms with Gasteiger partial charge in [0.05, 0.1) is 20.2 Å². The van der Waals surface area contributed by atoms with Crippen LogP contribution in [0.4, 0.5) is 4.39 Å². The second-order valence-electron chi connectivity index (χ2n) is 6.18. The van der Waals surface area contributed by atoms with E-state index in [-0.39, 0.29) is 10.6 Å². The Balaban J connectivity index is 1.97. The second-order valence-corrected chi connectivity index (χ2v) is 8.37. The van der Waals surface area contributed by atoms with Crippen molar-refractivity contribution in [2.24, 2.45) is 5.73 Å². The summed E-state index contributed by atoms with van der Waals surface area (Å²) in [5.41, 5.74) is 2.60. The van der Waals surface area contributed by atoms with Gasteiger partial charge in [-0.2, -0.15) is 8.42 Å². The molecule has 0 aromatic heterocycles. The highest BCUT2D eigenvalue weighted by Gasteiger charge is 2.51. The van der Waals surface area contributed by atoms with E-state index in [1.54, 1.807) is 6.07 Å². The van der Waals surface area contributed by atoms with Gasteiger partial charge < -0.3 is 14.7 Å². The quantitative estimate of drug-likeness (QED) is 0.566. The van der Waals surface area contributed by atoms with E-state index in [1.165, 1.54) is 30.3 Å². The molecule has 2 N–H and O–H groups in total. The molecular formula is C17H10B3ClFNO5S. The monoisotopic (exact) mass is 427 g/mol. The first-order valence-corrected chi connectivity index (χ1v) is 9.74. The van der Waals surface area contributed by atoms with E-state index in [9.17, 15) is 17.6 Å². The van der Waals surface area contributed by atoms with Gasteiger partial charge in [0.15, 0.2) is 13.3 Å². The number of carbonyl (C=O) groups excluding carboxylic acids is 1. The minimum Gasteiger partial charge on any atom is -0.467 e. The zero-order valence-corrected chi connectivity index (χ0v) is 16.2. The molecule has 0 fully saturated rings. The fourth-order valence-corrected chi connectivity index (χ4v) is 3.72. The summed E-state index contributed by atoms with van der Waals surface area (Å²) >= 11 is 5.82. The Morgan fingerprint density at radius 3 is 2.41 bits per heavy atom. The predicted octanol–water partition coefficient (Wildman–Crippen LogP) is 1.02. The van der Waals surface area contributed by atoms with Crippen molar-refractivity contribution in [2.45, 2.75) is 10.0 Å². The fourth-order valence-electron chi connectivity index (χ4n) is 2.61. The molecule has 142 valence electrons. The van der Waals surface area contributed by atoms with Crippen molar-refractivity contribution in [1.82, 2.24) is 0 Å². The van der Waals surface area contributed by atoms with Crippen LogP contribution < -0.4 is 5.73 Å². The van der Waals surface area contributed by atoms with Crippen LogP contribution in [0.15, 0.2) is 60.2 Å². The lowest BCUT2D eigenvalue weighted by Crippen LogP contribution is -2.40. The Kier molecular flexibility index (Phi) is 5.25. The number of rotatable bonds is 5. The molecule has 6 radical (unpaired) electrons. The van der Waals surface area contributed by atoms with E-state index < -0.39 is 49.0 Å². The van der Waals surface area contributed by atoms with Crippen molar-refractivity contribution in [3.63, 3.8) is 0 Å². The van der Waals surface area contributed by atoms with Crippen LogP contribution in [0.25, 0.3) is 0 Å². The molecule has 1 aliphatic rings. The lowest BCUT2D eigenvalue weighted by Gasteiger charge is -2.26. The largest absolute Gasteiger partial charge is 0.467 e. The Hall–Kier alpha value is -2.39. The van der Waals surface area contributed by atoms with Crippen molar-refractivity contribution >= 4 is 51.0 Å². The van der Waals surface area contributed by atoms with Gasteiger partial charge in [-0.1, -0.05) is 41.9 Å². The number of hydrogen-bond acceptors (Lipinski definition) is 6. The SMILES string of the molecule is [B]C([B])(c1ccccc1)S(=O)(=O)OC1=C(N)O[C@]([B])(c2cc(Cl)ccc2F)C1=O. The minimum absolute atomic E-state index is 0.0227. The molecule has 0 amide bonds. The summed E-state index contributed by atoms with van der Waals surface area (Å²) in [6.45, 7) is 0. The molecule has 0 aliphatic carbocycles. The Morgan fingerprint density at radius 1 is 1.17 bits per heavy atom. The van der Waals surface area contributed by atoms with E-state index >= 15 is 0 Å². The summed E-state index contributed by atoms with van der Waals surface area (Å²) < 4.78 is 46.9. The smallest absolute Gasteiger partial charge is 0.302 e. The molecule has 1 atom stereocenters. The molecule has 1 heterocycles. The predicted molar refractivity (Wildman–Crippen MR) is 106 cm³/mol. The molecule has 0 unspecified atom stereocenters. The van der Waals surface area contributed by atoms with E-state index in [4.69, 9.17) is 49.8 Å². The number of ketones is 1. The number of hydrogen-bond donors (Lipinski definition) is 1. The molecular weight excluding hydrogens is 417 g/mol. The van der Waals surface area contributed by atoms with Gasteiger partial charge in [-0.3, -0.25) is 4.79 Å². The van der Waals surface area contributed by atoms with Crippen LogP contribution in [-0.2, 0) is 33.9 Å². The van der Waals surface area contributed by atoms with E-state index in [0.29, 0.717) is 0 Å². The van der Waals surface area contributed by atoms with Gasteiger partial charge in [0, 0.05) is 10.6 Å². The van der Waals surface area contributed by atoms with E-state index in [2.05, 4.69) is 0 Å². The van der Waals surface area contributed by atoms with Crippen molar-refractivity contribution < 1.29 is 26.5 Å². The van der Waals surface area contributed by atoms with Gasteiger partial charge in [-0.15, -0.1) is 0 Å². The fraction of sp³-hybridized carbons (Fsp3) is 0.118. The third kappa shape index (κ3) is 3.53. The maximum Gasteiger partial charge on any atom is 0.302 e. The zero-order valence-electron chi connectivity index (χ0n) is 14.6. The summed E-state index contributed by atoms with van der Waals surface area (Å²) in [6, 6.07) is 10.5. The zero-order chi connectivity index (χ0) is 21.6. The molecule has 1 aliphatic heterocycles. The van der Waals surface area contributed by atoms with Crippen molar-refractivity contribution in [3.8, 4) is 0 Å². The van der Waals surface area contributed by atoms with Crippen molar-refractivity contribution in [3.05, 3.63) is 82.1 Å². The van der Waals surface area contributed by atoms with Crippen LogP contribution >= 0.6 is 11.6 Å². The number of nitrogens with two attached hydrogens (primary N) is 1. The highest BCUT2D eigenvalue weighted by Crippen LogP contribution is 2.39. The van der Waals surface area contributed by atoms with Crippen molar-refractivity contribution in [1.29, 1.82) is 0 Å². The number of Topliss-reactive ketones (excluding diaryl/α,β-unsaturated/α-hetero) is 1. The normalized spacial score (nSPS) is 19.9. The van der Waals surface area contributed by atoms with Crippen LogP contribution in [0.3, 0.4) is 0 Å². The maximum atomic E-state index is 14.2. The maximum absolute atomic E-state index is 14.2. The van der Waals surface area contributed by atoms with Gasteiger partial charge in [0.1, 0.15) is 5.82 Å². The molecule has 12 heteroatoms. The van der Waals surface area contributed by atoms with Crippen LogP contribution in [0, 0.1) is 5.82 Å². The Labute approximate surface area is 175 Å². The molecule has 29 heavy (non-hydrogen) atoms. The number of carbonyl (C=O) groups is 1. The Morgan fingerprint density at radius 2 is 1.79 bits per heavy atom. The first-order valence-electron chi connectivity index (χ1n) is 7.95. The first kappa shape index (κ1) is 21.3. The lowest BCUT2D eigenvalue weighted by molar-refractivity contribution is -0.126. The third-order valence-corrected chi connectivity index (χ3v) is 5.88. The molecule has 3 rings (SSSR count). The van der Waals surface area contributed by atoms with Gasteiger partial charge in [-0.05, 0) is 23.8 Å². The lowest BCUT2D eigenvalue weighted by atomic mass is 9.65. The van der Waals surface area contributed by atoms with Crippen molar-refractivity contribution in [2.75, 3.05) is 0 Å². The summed E-state index contributed by atoms with van der Waals surface area (Å²) in [5, 5.41) is 0.0511. The van der Waals surface area contributed by atoms with Gasteiger partial charge in [-0.25, -0.2) is 4.39 Å².